The highest BCUT2D eigenvalue weighted by Crippen LogP contribution is 2.09. The number of hydrogen-bond donors (Lipinski definition) is 1. The van der Waals surface area contributed by atoms with Gasteiger partial charge in [-0.15, -0.1) is 0 Å². The van der Waals surface area contributed by atoms with Crippen molar-refractivity contribution >= 4 is 11.9 Å². The van der Waals surface area contributed by atoms with Crippen molar-refractivity contribution in [3.05, 3.63) is 22.8 Å². The van der Waals surface area contributed by atoms with Gasteiger partial charge in [-0.2, -0.15) is 0 Å². The first kappa shape index (κ1) is 15.1. The molecule has 0 radical (unpaired) electrons. The van der Waals surface area contributed by atoms with E-state index in [1.165, 1.54) is 0 Å². The quantitative estimate of drug-likeness (QED) is 0.788. The summed E-state index contributed by atoms with van der Waals surface area (Å²) in [5, 5.41) is 8.46. The second-order valence-electron chi connectivity index (χ2n) is 4.33. The third kappa shape index (κ3) is 5.03. The highest BCUT2D eigenvalue weighted by Gasteiger charge is 2.09. The molecule has 0 amide bonds. The number of carbonyl (C=O) groups is 2. The topological polar surface area (TPSA) is 89.4 Å². The number of carbonyl (C=O) groups excluding carboxylic acids is 1. The average Bonchev–Trinajstić information content (AvgIpc) is 2.31. The van der Waals surface area contributed by atoms with Gasteiger partial charge in [0.25, 0.3) is 0 Å². The van der Waals surface area contributed by atoms with E-state index in [0.717, 1.165) is 17.1 Å². The van der Waals surface area contributed by atoms with Gasteiger partial charge in [0, 0.05) is 12.8 Å². The van der Waals surface area contributed by atoms with Gasteiger partial charge in [-0.05, 0) is 27.2 Å². The molecule has 0 spiro atoms. The molecule has 0 aliphatic heterocycles. The predicted octanol–water partition coefficient (Wildman–Crippen LogP) is 1.70. The molecule has 1 N–H and O–H groups in total. The van der Waals surface area contributed by atoms with Crippen molar-refractivity contribution < 1.29 is 19.4 Å². The van der Waals surface area contributed by atoms with Crippen LogP contribution in [0.15, 0.2) is 0 Å². The van der Waals surface area contributed by atoms with Crippen molar-refractivity contribution in [3.63, 3.8) is 0 Å². The molecule has 6 heteroatoms. The number of esters is 1. The molecule has 0 saturated heterocycles. The fraction of sp³-hybridized carbons (Fsp3) is 0.538. The van der Waals surface area contributed by atoms with Crippen LogP contribution in [0.2, 0.25) is 0 Å². The van der Waals surface area contributed by atoms with E-state index in [4.69, 9.17) is 9.84 Å². The summed E-state index contributed by atoms with van der Waals surface area (Å²) in [6.45, 7) is 5.61. The zero-order chi connectivity index (χ0) is 14.4. The Labute approximate surface area is 111 Å². The van der Waals surface area contributed by atoms with E-state index in [-0.39, 0.29) is 25.9 Å². The highest BCUT2D eigenvalue weighted by atomic mass is 16.5. The van der Waals surface area contributed by atoms with E-state index in [1.807, 2.05) is 20.8 Å². The molecule has 1 aromatic heterocycles. The Balaban J connectivity index is 2.46. The monoisotopic (exact) mass is 266 g/mol. The number of hydrogen-bond acceptors (Lipinski definition) is 5. The maximum Gasteiger partial charge on any atom is 0.306 e. The van der Waals surface area contributed by atoms with Crippen molar-refractivity contribution in [1.82, 2.24) is 9.97 Å². The highest BCUT2D eigenvalue weighted by molar-refractivity contribution is 5.71. The maximum absolute atomic E-state index is 11.4. The first-order chi connectivity index (χ1) is 8.90. The van der Waals surface area contributed by atoms with Crippen LogP contribution in [0.5, 0.6) is 0 Å². The zero-order valence-corrected chi connectivity index (χ0v) is 11.4. The number of aliphatic carboxylic acids is 1. The molecule has 1 heterocycles. The number of carboxylic acids is 1. The van der Waals surface area contributed by atoms with Gasteiger partial charge in [0.15, 0.2) is 0 Å². The Bertz CT molecular complexity index is 486. The summed E-state index contributed by atoms with van der Waals surface area (Å²) >= 11 is 0. The molecule has 1 aromatic rings. The molecule has 104 valence electrons. The minimum atomic E-state index is -0.913. The van der Waals surface area contributed by atoms with Gasteiger partial charge in [-0.1, -0.05) is 0 Å². The second-order valence-corrected chi connectivity index (χ2v) is 4.33. The molecule has 0 fully saturated rings. The first-order valence-corrected chi connectivity index (χ1v) is 6.08. The minimum Gasteiger partial charge on any atom is -0.481 e. The fourth-order valence-corrected chi connectivity index (χ4v) is 1.50. The number of rotatable bonds is 6. The Kier molecular flexibility index (Phi) is 5.41. The molecule has 0 atom stereocenters. The number of aromatic nitrogens is 2. The summed E-state index contributed by atoms with van der Waals surface area (Å²) in [6, 6.07) is 0. The molecule has 1 rings (SSSR count). The van der Waals surface area contributed by atoms with Crippen LogP contribution >= 0.6 is 0 Å². The molecule has 0 aliphatic rings. The number of aryl methyl sites for hydroxylation is 3. The summed E-state index contributed by atoms with van der Waals surface area (Å²) in [7, 11) is 0. The minimum absolute atomic E-state index is 0.0302. The van der Waals surface area contributed by atoms with Gasteiger partial charge in [0.05, 0.1) is 22.8 Å². The molecule has 19 heavy (non-hydrogen) atoms. The molecule has 0 aromatic carbocycles. The molecule has 6 nitrogen and oxygen atoms in total. The summed E-state index contributed by atoms with van der Waals surface area (Å²) in [6.07, 6.45) is 0.354. The van der Waals surface area contributed by atoms with Crippen LogP contribution < -0.4 is 0 Å². The third-order valence-corrected chi connectivity index (χ3v) is 2.72. The zero-order valence-electron chi connectivity index (χ0n) is 11.4. The Morgan fingerprint density at radius 2 is 1.68 bits per heavy atom. The van der Waals surface area contributed by atoms with E-state index >= 15 is 0 Å². The molecule has 0 unspecified atom stereocenters. The van der Waals surface area contributed by atoms with Crippen molar-refractivity contribution in [2.75, 3.05) is 0 Å². The predicted molar refractivity (Wildman–Crippen MR) is 67.5 cm³/mol. The van der Waals surface area contributed by atoms with E-state index < -0.39 is 11.9 Å². The van der Waals surface area contributed by atoms with E-state index in [2.05, 4.69) is 9.97 Å². The molecular formula is C13H18N2O4. The Morgan fingerprint density at radius 3 is 2.32 bits per heavy atom. The molecule has 0 saturated carbocycles. The van der Waals surface area contributed by atoms with Crippen molar-refractivity contribution in [1.29, 1.82) is 0 Å². The number of carboxylic acid groups (broad SMARTS) is 1. The second kappa shape index (κ2) is 6.82. The van der Waals surface area contributed by atoms with Gasteiger partial charge >= 0.3 is 11.9 Å². The van der Waals surface area contributed by atoms with Crippen LogP contribution in [0.3, 0.4) is 0 Å². The first-order valence-electron chi connectivity index (χ1n) is 6.08. The SMILES string of the molecule is Cc1nc(C)c(COC(=O)CCCC(=O)O)nc1C. The van der Waals surface area contributed by atoms with Crippen LogP contribution in [-0.2, 0) is 20.9 Å². The Morgan fingerprint density at radius 1 is 1.05 bits per heavy atom. The van der Waals surface area contributed by atoms with Crippen molar-refractivity contribution in [3.8, 4) is 0 Å². The molecule has 0 aliphatic carbocycles. The number of ether oxygens (including phenoxy) is 1. The summed E-state index contributed by atoms with van der Waals surface area (Å²) in [5.41, 5.74) is 3.03. The smallest absolute Gasteiger partial charge is 0.306 e. The van der Waals surface area contributed by atoms with Crippen LogP contribution in [0.4, 0.5) is 0 Å². The lowest BCUT2D eigenvalue weighted by Crippen LogP contribution is -2.09. The van der Waals surface area contributed by atoms with Crippen molar-refractivity contribution in [2.24, 2.45) is 0 Å². The largest absolute Gasteiger partial charge is 0.481 e. The van der Waals surface area contributed by atoms with E-state index in [9.17, 15) is 9.59 Å². The fourth-order valence-electron chi connectivity index (χ4n) is 1.50. The summed E-state index contributed by atoms with van der Waals surface area (Å²) < 4.78 is 5.05. The standard InChI is InChI=1S/C13H18N2O4/c1-8-9(2)15-11(10(3)14-8)7-19-13(18)6-4-5-12(16)17/h4-7H2,1-3H3,(H,16,17). The normalized spacial score (nSPS) is 10.3. The van der Waals surface area contributed by atoms with Crippen LogP contribution in [-0.4, -0.2) is 27.0 Å². The lowest BCUT2D eigenvalue weighted by atomic mass is 10.2. The van der Waals surface area contributed by atoms with E-state index in [1.54, 1.807) is 0 Å². The van der Waals surface area contributed by atoms with Crippen LogP contribution in [0, 0.1) is 20.8 Å². The molecule has 0 bridgehead atoms. The van der Waals surface area contributed by atoms with Crippen LogP contribution in [0.25, 0.3) is 0 Å². The lowest BCUT2D eigenvalue weighted by molar-refractivity contribution is -0.145. The van der Waals surface area contributed by atoms with Gasteiger partial charge in [-0.25, -0.2) is 0 Å². The van der Waals surface area contributed by atoms with E-state index in [0.29, 0.717) is 5.69 Å². The Hall–Kier alpha value is -1.98. The third-order valence-electron chi connectivity index (χ3n) is 2.72. The van der Waals surface area contributed by atoms with Gasteiger partial charge in [0.1, 0.15) is 6.61 Å². The van der Waals surface area contributed by atoms with Gasteiger partial charge < -0.3 is 9.84 Å². The summed E-state index contributed by atoms with van der Waals surface area (Å²) in [5.74, 6) is -1.33. The average molecular weight is 266 g/mol. The molecular weight excluding hydrogens is 248 g/mol. The van der Waals surface area contributed by atoms with Gasteiger partial charge in [0.2, 0.25) is 0 Å². The van der Waals surface area contributed by atoms with Crippen molar-refractivity contribution in [2.45, 2.75) is 46.6 Å². The lowest BCUT2D eigenvalue weighted by Gasteiger charge is -2.08. The maximum atomic E-state index is 11.4. The van der Waals surface area contributed by atoms with Crippen LogP contribution in [0.1, 0.15) is 42.0 Å². The summed E-state index contributed by atoms with van der Waals surface area (Å²) in [4.78, 5) is 30.3. The number of nitrogens with zero attached hydrogens (tertiary/aromatic N) is 2. The van der Waals surface area contributed by atoms with Gasteiger partial charge in [-0.3, -0.25) is 19.6 Å².